The third kappa shape index (κ3) is 5.02. The van der Waals surface area contributed by atoms with E-state index in [4.69, 9.17) is 14.8 Å². The van der Waals surface area contributed by atoms with Crippen LogP contribution in [0.2, 0.25) is 0 Å². The highest BCUT2D eigenvalue weighted by Crippen LogP contribution is 2.29. The number of nitrogens with zero attached hydrogens (tertiary/aromatic N) is 5. The van der Waals surface area contributed by atoms with Gasteiger partial charge in [0, 0.05) is 23.5 Å². The summed E-state index contributed by atoms with van der Waals surface area (Å²) in [6.45, 7) is 4.01. The molecule has 0 aliphatic heterocycles. The first kappa shape index (κ1) is 24.9. The predicted molar refractivity (Wildman–Crippen MR) is 153 cm³/mol. The standard InChI is InChI=1S/C32H25N5O3/c1-20(2)40-27-14-9-22(10-15-27)21-3-5-23(6-4-21)30-35-31(25-11-16-28-29(19-25)34-18-17-33-28)37(36-30)26-12-7-24(8-13-26)32(38)39/h3-20H,1-2H3,(H,38,39). The van der Waals surface area contributed by atoms with E-state index < -0.39 is 5.97 Å². The Kier molecular flexibility index (Phi) is 6.49. The smallest absolute Gasteiger partial charge is 0.335 e. The molecule has 40 heavy (non-hydrogen) atoms. The topological polar surface area (TPSA) is 103 Å². The Balaban J connectivity index is 1.38. The van der Waals surface area contributed by atoms with E-state index in [0.717, 1.165) is 39.0 Å². The molecular weight excluding hydrogens is 502 g/mol. The third-order valence-electron chi connectivity index (χ3n) is 6.40. The molecule has 2 aromatic heterocycles. The van der Waals surface area contributed by atoms with Gasteiger partial charge in [0.1, 0.15) is 5.75 Å². The van der Waals surface area contributed by atoms with Gasteiger partial charge in [0.05, 0.1) is 28.4 Å². The lowest BCUT2D eigenvalue weighted by Gasteiger charge is -2.10. The normalized spacial score (nSPS) is 11.2. The van der Waals surface area contributed by atoms with E-state index in [9.17, 15) is 9.90 Å². The molecule has 8 heteroatoms. The van der Waals surface area contributed by atoms with E-state index >= 15 is 0 Å². The van der Waals surface area contributed by atoms with Crippen LogP contribution in [0.5, 0.6) is 5.75 Å². The number of aromatic nitrogens is 5. The molecule has 0 fully saturated rings. The van der Waals surface area contributed by atoms with Crippen LogP contribution in [0, 0.1) is 0 Å². The Morgan fingerprint density at radius 2 is 1.35 bits per heavy atom. The van der Waals surface area contributed by atoms with Gasteiger partial charge >= 0.3 is 5.97 Å². The average molecular weight is 528 g/mol. The third-order valence-corrected chi connectivity index (χ3v) is 6.40. The van der Waals surface area contributed by atoms with Crippen molar-refractivity contribution < 1.29 is 14.6 Å². The van der Waals surface area contributed by atoms with Crippen LogP contribution in [0.1, 0.15) is 24.2 Å². The minimum atomic E-state index is -0.985. The van der Waals surface area contributed by atoms with Gasteiger partial charge in [-0.25, -0.2) is 14.5 Å². The molecule has 0 spiro atoms. The van der Waals surface area contributed by atoms with E-state index in [0.29, 0.717) is 17.3 Å². The van der Waals surface area contributed by atoms with Crippen LogP contribution in [0.4, 0.5) is 0 Å². The number of ether oxygens (including phenoxy) is 1. The minimum Gasteiger partial charge on any atom is -0.491 e. The largest absolute Gasteiger partial charge is 0.491 e. The van der Waals surface area contributed by atoms with Crippen molar-refractivity contribution >= 4 is 17.0 Å². The van der Waals surface area contributed by atoms with E-state index in [-0.39, 0.29) is 11.7 Å². The highest BCUT2D eigenvalue weighted by molar-refractivity contribution is 5.88. The van der Waals surface area contributed by atoms with E-state index in [1.54, 1.807) is 41.3 Å². The molecule has 0 unspecified atom stereocenters. The van der Waals surface area contributed by atoms with Crippen LogP contribution >= 0.6 is 0 Å². The van der Waals surface area contributed by atoms with E-state index in [1.807, 2.05) is 80.6 Å². The SMILES string of the molecule is CC(C)Oc1ccc(-c2ccc(-c3nc(-c4ccc5nccnc5c4)n(-c4ccc(C(=O)O)cc4)n3)cc2)cc1. The zero-order valence-electron chi connectivity index (χ0n) is 21.9. The number of fused-ring (bicyclic) bond motifs is 1. The average Bonchev–Trinajstić information content (AvgIpc) is 3.43. The molecule has 2 heterocycles. The summed E-state index contributed by atoms with van der Waals surface area (Å²) in [5, 5.41) is 14.2. The molecular formula is C32H25N5O3. The van der Waals surface area contributed by atoms with Crippen molar-refractivity contribution in [2.45, 2.75) is 20.0 Å². The maximum atomic E-state index is 11.4. The molecule has 6 aromatic rings. The number of carboxylic acids is 1. The Bertz CT molecular complexity index is 1810. The van der Waals surface area contributed by atoms with Crippen molar-refractivity contribution in [3.8, 4) is 45.3 Å². The fourth-order valence-electron chi connectivity index (χ4n) is 4.46. The summed E-state index contributed by atoms with van der Waals surface area (Å²) in [5.41, 5.74) is 6.23. The molecule has 0 amide bonds. The maximum Gasteiger partial charge on any atom is 0.335 e. The van der Waals surface area contributed by atoms with Gasteiger partial charge < -0.3 is 9.84 Å². The summed E-state index contributed by atoms with van der Waals surface area (Å²) in [7, 11) is 0. The summed E-state index contributed by atoms with van der Waals surface area (Å²) in [6.07, 6.45) is 3.43. The second-order valence-corrected chi connectivity index (χ2v) is 9.55. The first-order valence-corrected chi connectivity index (χ1v) is 12.8. The van der Waals surface area contributed by atoms with Gasteiger partial charge in [-0.3, -0.25) is 9.97 Å². The molecule has 0 radical (unpaired) electrons. The number of carboxylic acid groups (broad SMARTS) is 1. The number of benzene rings is 4. The second-order valence-electron chi connectivity index (χ2n) is 9.55. The van der Waals surface area contributed by atoms with Crippen LogP contribution in [0.3, 0.4) is 0 Å². The Labute approximate surface area is 230 Å². The van der Waals surface area contributed by atoms with Crippen LogP contribution in [0.25, 0.3) is 50.6 Å². The predicted octanol–water partition coefficient (Wildman–Crippen LogP) is 6.70. The molecule has 4 aromatic carbocycles. The molecule has 0 bridgehead atoms. The number of rotatable bonds is 7. The van der Waals surface area contributed by atoms with Gasteiger partial charge in [0.25, 0.3) is 0 Å². The minimum absolute atomic E-state index is 0.125. The second kappa shape index (κ2) is 10.4. The van der Waals surface area contributed by atoms with Crippen LogP contribution in [-0.2, 0) is 0 Å². The zero-order valence-corrected chi connectivity index (χ0v) is 21.9. The van der Waals surface area contributed by atoms with Crippen molar-refractivity contribution in [2.24, 2.45) is 0 Å². The van der Waals surface area contributed by atoms with Crippen LogP contribution in [0.15, 0.2) is 103 Å². The Hall–Kier alpha value is -5.37. The van der Waals surface area contributed by atoms with Gasteiger partial charge in [0.2, 0.25) is 0 Å². The number of aromatic carboxylic acids is 1. The molecule has 0 saturated carbocycles. The highest BCUT2D eigenvalue weighted by Gasteiger charge is 2.17. The summed E-state index contributed by atoms with van der Waals surface area (Å²) in [5.74, 6) is 1.01. The summed E-state index contributed by atoms with van der Waals surface area (Å²) < 4.78 is 7.48. The van der Waals surface area contributed by atoms with E-state index in [1.165, 1.54) is 0 Å². The van der Waals surface area contributed by atoms with Crippen molar-refractivity contribution in [3.05, 3.63) is 109 Å². The summed E-state index contributed by atoms with van der Waals surface area (Å²) >= 11 is 0. The molecule has 0 saturated heterocycles. The van der Waals surface area contributed by atoms with Crippen molar-refractivity contribution in [2.75, 3.05) is 0 Å². The van der Waals surface area contributed by atoms with Crippen molar-refractivity contribution in [1.29, 1.82) is 0 Å². The zero-order chi connectivity index (χ0) is 27.6. The van der Waals surface area contributed by atoms with Gasteiger partial charge in [-0.1, -0.05) is 36.4 Å². The maximum absolute atomic E-state index is 11.4. The number of hydrogen-bond donors (Lipinski definition) is 1. The molecule has 6 rings (SSSR count). The highest BCUT2D eigenvalue weighted by atomic mass is 16.5. The lowest BCUT2D eigenvalue weighted by molar-refractivity contribution is 0.0697. The molecule has 1 N–H and O–H groups in total. The molecule has 0 aliphatic carbocycles. The van der Waals surface area contributed by atoms with Crippen LogP contribution in [-0.4, -0.2) is 41.9 Å². The number of carbonyl (C=O) groups is 1. The first-order valence-electron chi connectivity index (χ1n) is 12.8. The van der Waals surface area contributed by atoms with Gasteiger partial charge in [-0.05, 0) is 79.6 Å². The number of hydrogen-bond acceptors (Lipinski definition) is 6. The molecule has 0 aliphatic rings. The molecule has 8 nitrogen and oxygen atoms in total. The van der Waals surface area contributed by atoms with E-state index in [2.05, 4.69) is 9.97 Å². The van der Waals surface area contributed by atoms with Gasteiger partial charge in [-0.2, -0.15) is 0 Å². The summed E-state index contributed by atoms with van der Waals surface area (Å²) in [4.78, 5) is 25.1. The quantitative estimate of drug-likeness (QED) is 0.246. The lowest BCUT2D eigenvalue weighted by Crippen LogP contribution is -2.05. The first-order chi connectivity index (χ1) is 19.4. The monoisotopic (exact) mass is 527 g/mol. The molecule has 196 valence electrons. The van der Waals surface area contributed by atoms with Gasteiger partial charge in [-0.15, -0.1) is 5.10 Å². The Morgan fingerprint density at radius 3 is 2.00 bits per heavy atom. The molecule has 0 atom stereocenters. The fraction of sp³-hybridized carbons (Fsp3) is 0.0938. The van der Waals surface area contributed by atoms with Crippen LogP contribution < -0.4 is 4.74 Å². The van der Waals surface area contributed by atoms with Crippen molar-refractivity contribution in [3.63, 3.8) is 0 Å². The lowest BCUT2D eigenvalue weighted by atomic mass is 10.0. The van der Waals surface area contributed by atoms with Gasteiger partial charge in [0.15, 0.2) is 11.6 Å². The summed E-state index contributed by atoms with van der Waals surface area (Å²) in [6, 6.07) is 28.4. The fourth-order valence-corrected chi connectivity index (χ4v) is 4.46. The Morgan fingerprint density at radius 1 is 0.750 bits per heavy atom. The van der Waals surface area contributed by atoms with Crippen molar-refractivity contribution in [1.82, 2.24) is 24.7 Å².